The number of hydrogen-bond donors (Lipinski definition) is 2. The van der Waals surface area contributed by atoms with Crippen molar-refractivity contribution in [1.82, 2.24) is 30.8 Å². The van der Waals surface area contributed by atoms with Gasteiger partial charge in [0, 0.05) is 6.04 Å². The molecule has 3 rings (SSSR count). The first-order valence-electron chi connectivity index (χ1n) is 7.07. The smallest absolute Gasteiger partial charge is 0.247 e. The molecule has 2 fully saturated rings. The molecular formula is C12H18N6O2. The fourth-order valence-electron chi connectivity index (χ4n) is 3.01. The van der Waals surface area contributed by atoms with Gasteiger partial charge in [-0.15, -0.1) is 10.2 Å². The van der Waals surface area contributed by atoms with Gasteiger partial charge in [0.2, 0.25) is 11.8 Å². The number of rotatable bonds is 4. The van der Waals surface area contributed by atoms with E-state index in [4.69, 9.17) is 0 Å². The number of carbonyl (C=O) groups excluding carboxylic acids is 2. The van der Waals surface area contributed by atoms with Gasteiger partial charge in [0.25, 0.3) is 0 Å². The van der Waals surface area contributed by atoms with Gasteiger partial charge in [-0.2, -0.15) is 5.21 Å². The number of likely N-dealkylation sites (tertiary alicyclic amines) is 1. The number of carbonyl (C=O) groups is 2. The minimum Gasteiger partial charge on any atom is -0.298 e. The van der Waals surface area contributed by atoms with Crippen molar-refractivity contribution in [2.45, 2.75) is 57.2 Å². The molecule has 108 valence electrons. The lowest BCUT2D eigenvalue weighted by Crippen LogP contribution is -2.44. The van der Waals surface area contributed by atoms with Gasteiger partial charge in [-0.05, 0) is 12.8 Å². The Hall–Kier alpha value is -1.83. The second-order valence-electron chi connectivity index (χ2n) is 5.36. The van der Waals surface area contributed by atoms with E-state index in [1.165, 1.54) is 11.3 Å². The molecule has 0 bridgehead atoms. The first-order valence-corrected chi connectivity index (χ1v) is 7.07. The van der Waals surface area contributed by atoms with E-state index in [9.17, 15) is 9.59 Å². The van der Waals surface area contributed by atoms with Gasteiger partial charge in [0.15, 0.2) is 5.82 Å². The van der Waals surface area contributed by atoms with E-state index in [1.54, 1.807) is 0 Å². The van der Waals surface area contributed by atoms with E-state index in [1.807, 2.05) is 0 Å². The monoisotopic (exact) mass is 278 g/mol. The van der Waals surface area contributed by atoms with Crippen molar-refractivity contribution < 1.29 is 9.59 Å². The minimum atomic E-state index is -0.456. The number of aromatic nitrogens is 4. The summed E-state index contributed by atoms with van der Waals surface area (Å²) in [6.07, 6.45) is 5.51. The highest BCUT2D eigenvalue weighted by Crippen LogP contribution is 2.27. The highest BCUT2D eigenvalue weighted by atomic mass is 16.2. The van der Waals surface area contributed by atoms with Crippen molar-refractivity contribution in [1.29, 1.82) is 0 Å². The number of nitrogens with zero attached hydrogens (tertiary/aromatic N) is 4. The first kappa shape index (κ1) is 13.2. The summed E-state index contributed by atoms with van der Waals surface area (Å²) in [6, 6.07) is -0.358. The molecule has 1 aromatic rings. The molecule has 0 spiro atoms. The zero-order valence-corrected chi connectivity index (χ0v) is 11.2. The van der Waals surface area contributed by atoms with Crippen molar-refractivity contribution in [3.8, 4) is 0 Å². The molecule has 1 unspecified atom stereocenters. The largest absolute Gasteiger partial charge is 0.298 e. The van der Waals surface area contributed by atoms with Crippen molar-refractivity contribution >= 4 is 11.8 Å². The van der Waals surface area contributed by atoms with E-state index in [0.717, 1.165) is 25.7 Å². The maximum Gasteiger partial charge on any atom is 0.247 e. The zero-order chi connectivity index (χ0) is 13.9. The van der Waals surface area contributed by atoms with Crippen LogP contribution in [0.25, 0.3) is 0 Å². The quantitative estimate of drug-likeness (QED) is 0.736. The molecule has 20 heavy (non-hydrogen) atoms. The molecular weight excluding hydrogens is 260 g/mol. The summed E-state index contributed by atoms with van der Waals surface area (Å²) in [5, 5.41) is 16.5. The van der Waals surface area contributed by atoms with E-state index in [-0.39, 0.29) is 24.3 Å². The highest BCUT2D eigenvalue weighted by Gasteiger charge is 2.42. The van der Waals surface area contributed by atoms with Crippen LogP contribution in [-0.4, -0.2) is 49.4 Å². The van der Waals surface area contributed by atoms with Crippen LogP contribution < -0.4 is 5.32 Å². The van der Waals surface area contributed by atoms with E-state index < -0.39 is 6.04 Å². The molecule has 1 aliphatic heterocycles. The third-order valence-corrected chi connectivity index (χ3v) is 4.02. The predicted octanol–water partition coefficient (Wildman–Crippen LogP) is -0.251. The Balaban J connectivity index is 1.60. The number of nitrogens with one attached hydrogen (secondary N) is 2. The molecule has 2 N–H and O–H groups in total. The standard InChI is InChI=1S/C12H18N6O2/c19-11-6-9(13-7-10-14-16-17-15-10)12(20)18(11)8-4-2-1-3-5-8/h8-9,13H,1-7H2,(H,14,15,16,17). The van der Waals surface area contributed by atoms with E-state index >= 15 is 0 Å². The summed E-state index contributed by atoms with van der Waals surface area (Å²) in [5.74, 6) is 0.319. The summed E-state index contributed by atoms with van der Waals surface area (Å²) in [6.45, 7) is 0.332. The number of imide groups is 1. The number of hydrogen-bond acceptors (Lipinski definition) is 6. The van der Waals surface area contributed by atoms with Gasteiger partial charge in [-0.1, -0.05) is 24.5 Å². The van der Waals surface area contributed by atoms with E-state index in [2.05, 4.69) is 25.9 Å². The Kier molecular flexibility index (Phi) is 3.72. The number of aromatic amines is 1. The second kappa shape index (κ2) is 5.66. The third kappa shape index (κ3) is 2.55. The highest BCUT2D eigenvalue weighted by molar-refractivity contribution is 6.05. The molecule has 1 aliphatic carbocycles. The summed E-state index contributed by atoms with van der Waals surface area (Å²) in [7, 11) is 0. The van der Waals surface area contributed by atoms with Gasteiger partial charge in [-0.25, -0.2) is 0 Å². The average Bonchev–Trinajstić information content (AvgIpc) is 3.06. The van der Waals surface area contributed by atoms with Crippen LogP contribution in [-0.2, 0) is 16.1 Å². The van der Waals surface area contributed by atoms with Crippen LogP contribution in [0.2, 0.25) is 0 Å². The van der Waals surface area contributed by atoms with Crippen LogP contribution in [0.4, 0.5) is 0 Å². The Bertz CT molecular complexity index is 482. The molecule has 8 nitrogen and oxygen atoms in total. The van der Waals surface area contributed by atoms with Gasteiger partial charge >= 0.3 is 0 Å². The van der Waals surface area contributed by atoms with Crippen molar-refractivity contribution in [2.75, 3.05) is 0 Å². The lowest BCUT2D eigenvalue weighted by Gasteiger charge is -2.29. The number of amides is 2. The lowest BCUT2D eigenvalue weighted by atomic mass is 9.94. The zero-order valence-electron chi connectivity index (χ0n) is 11.2. The predicted molar refractivity (Wildman–Crippen MR) is 68.1 cm³/mol. The lowest BCUT2D eigenvalue weighted by molar-refractivity contribution is -0.142. The van der Waals surface area contributed by atoms with Crippen LogP contribution in [0, 0.1) is 0 Å². The van der Waals surface area contributed by atoms with Gasteiger partial charge < -0.3 is 0 Å². The van der Waals surface area contributed by atoms with Gasteiger partial charge in [0.05, 0.1) is 19.0 Å². The van der Waals surface area contributed by atoms with Crippen LogP contribution in [0.1, 0.15) is 44.3 Å². The third-order valence-electron chi connectivity index (χ3n) is 4.02. The summed E-state index contributed by atoms with van der Waals surface area (Å²) in [4.78, 5) is 25.9. The molecule has 2 heterocycles. The Morgan fingerprint density at radius 3 is 2.75 bits per heavy atom. The average molecular weight is 278 g/mol. The van der Waals surface area contributed by atoms with Crippen molar-refractivity contribution in [2.24, 2.45) is 0 Å². The molecule has 2 amide bonds. The molecule has 8 heteroatoms. The van der Waals surface area contributed by atoms with Crippen LogP contribution >= 0.6 is 0 Å². The Labute approximate surface area is 116 Å². The Morgan fingerprint density at radius 2 is 2.05 bits per heavy atom. The Morgan fingerprint density at radius 1 is 1.25 bits per heavy atom. The van der Waals surface area contributed by atoms with Crippen LogP contribution in [0.5, 0.6) is 0 Å². The van der Waals surface area contributed by atoms with E-state index in [0.29, 0.717) is 12.4 Å². The molecule has 1 atom stereocenters. The second-order valence-corrected chi connectivity index (χ2v) is 5.36. The van der Waals surface area contributed by atoms with Crippen molar-refractivity contribution in [3.63, 3.8) is 0 Å². The fraction of sp³-hybridized carbons (Fsp3) is 0.750. The summed E-state index contributed by atoms with van der Waals surface area (Å²) >= 11 is 0. The van der Waals surface area contributed by atoms with Crippen molar-refractivity contribution in [3.05, 3.63) is 5.82 Å². The fourth-order valence-corrected chi connectivity index (χ4v) is 3.01. The molecule has 0 aromatic carbocycles. The molecule has 0 radical (unpaired) electrons. The molecule has 1 saturated carbocycles. The minimum absolute atomic E-state index is 0.0625. The SMILES string of the molecule is O=C1CC(NCc2nn[nH]n2)C(=O)N1C1CCCCC1. The van der Waals surface area contributed by atoms with Gasteiger partial charge in [0.1, 0.15) is 0 Å². The topological polar surface area (TPSA) is 104 Å². The normalized spacial score (nSPS) is 24.6. The summed E-state index contributed by atoms with van der Waals surface area (Å²) in [5.41, 5.74) is 0. The maximum absolute atomic E-state index is 12.4. The van der Waals surface area contributed by atoms with Crippen LogP contribution in [0.3, 0.4) is 0 Å². The van der Waals surface area contributed by atoms with Gasteiger partial charge in [-0.3, -0.25) is 19.8 Å². The molecule has 1 saturated heterocycles. The number of H-pyrrole nitrogens is 1. The summed E-state index contributed by atoms with van der Waals surface area (Å²) < 4.78 is 0. The molecule has 1 aromatic heterocycles. The molecule has 2 aliphatic rings. The first-order chi connectivity index (χ1) is 9.75. The maximum atomic E-state index is 12.4. The van der Waals surface area contributed by atoms with Crippen LogP contribution in [0.15, 0.2) is 0 Å². The number of tetrazole rings is 1.